The number of methoxy groups -OCH3 is 2. The van der Waals surface area contributed by atoms with Crippen molar-refractivity contribution in [1.29, 1.82) is 0 Å². The lowest BCUT2D eigenvalue weighted by molar-refractivity contribution is -0.131. The van der Waals surface area contributed by atoms with Gasteiger partial charge in [-0.25, -0.2) is 14.6 Å². The summed E-state index contributed by atoms with van der Waals surface area (Å²) in [6, 6.07) is 3.69. The predicted octanol–water partition coefficient (Wildman–Crippen LogP) is -0.166. The standard InChI is InChI=1S/C15H20N6O3/c1-23-14(24-2)7-16-15(22)11-8-20(9-11)12-6-13(18-10-17-12)21-5-3-4-19-21/h3-6,10-11,14H,7-9H2,1-2H3,(H,16,22). The van der Waals surface area contributed by atoms with Gasteiger partial charge in [-0.05, 0) is 6.07 Å². The van der Waals surface area contributed by atoms with Crippen molar-refractivity contribution >= 4 is 11.7 Å². The quantitative estimate of drug-likeness (QED) is 0.704. The van der Waals surface area contributed by atoms with Gasteiger partial charge in [0.15, 0.2) is 12.1 Å². The van der Waals surface area contributed by atoms with E-state index in [1.165, 1.54) is 20.5 Å². The molecule has 128 valence electrons. The molecule has 1 aliphatic rings. The van der Waals surface area contributed by atoms with Gasteiger partial charge >= 0.3 is 0 Å². The lowest BCUT2D eigenvalue weighted by Gasteiger charge is -2.39. The van der Waals surface area contributed by atoms with Crippen molar-refractivity contribution in [1.82, 2.24) is 25.1 Å². The molecule has 24 heavy (non-hydrogen) atoms. The van der Waals surface area contributed by atoms with Crippen LogP contribution in [0.4, 0.5) is 5.82 Å². The molecule has 2 aromatic rings. The van der Waals surface area contributed by atoms with Crippen LogP contribution in [0, 0.1) is 5.92 Å². The maximum absolute atomic E-state index is 12.1. The summed E-state index contributed by atoms with van der Waals surface area (Å²) >= 11 is 0. The molecule has 1 saturated heterocycles. The Bertz CT molecular complexity index is 668. The number of carbonyl (C=O) groups is 1. The van der Waals surface area contributed by atoms with Gasteiger partial charge in [0.05, 0.1) is 12.5 Å². The molecule has 0 spiro atoms. The third kappa shape index (κ3) is 3.52. The molecule has 3 heterocycles. The summed E-state index contributed by atoms with van der Waals surface area (Å²) in [6.07, 6.45) is 4.59. The topological polar surface area (TPSA) is 94.4 Å². The SMILES string of the molecule is COC(CNC(=O)C1CN(c2cc(-n3cccn3)ncn2)C1)OC. The largest absolute Gasteiger partial charge is 0.355 e. The highest BCUT2D eigenvalue weighted by Crippen LogP contribution is 2.23. The number of hydrogen-bond donors (Lipinski definition) is 1. The van der Waals surface area contributed by atoms with E-state index in [0.717, 1.165) is 5.82 Å². The molecule has 1 N–H and O–H groups in total. The van der Waals surface area contributed by atoms with Gasteiger partial charge in [-0.1, -0.05) is 0 Å². The summed E-state index contributed by atoms with van der Waals surface area (Å²) in [5, 5.41) is 6.98. The Morgan fingerprint density at radius 2 is 2.08 bits per heavy atom. The minimum absolute atomic E-state index is 0.00768. The number of carbonyl (C=O) groups excluding carboxylic acids is 1. The highest BCUT2D eigenvalue weighted by Gasteiger charge is 2.33. The first kappa shape index (κ1) is 16.3. The van der Waals surface area contributed by atoms with E-state index in [4.69, 9.17) is 9.47 Å². The fourth-order valence-electron chi connectivity index (χ4n) is 2.46. The summed E-state index contributed by atoms with van der Waals surface area (Å²) in [5.41, 5.74) is 0. The van der Waals surface area contributed by atoms with Gasteiger partial charge in [-0.15, -0.1) is 0 Å². The number of anilines is 1. The van der Waals surface area contributed by atoms with Gasteiger partial charge in [0.1, 0.15) is 12.1 Å². The average Bonchev–Trinajstić information content (AvgIpc) is 3.09. The van der Waals surface area contributed by atoms with Crippen LogP contribution in [-0.2, 0) is 14.3 Å². The zero-order valence-corrected chi connectivity index (χ0v) is 13.6. The smallest absolute Gasteiger partial charge is 0.226 e. The number of nitrogens with one attached hydrogen (secondary N) is 1. The van der Waals surface area contributed by atoms with E-state index >= 15 is 0 Å². The first-order valence-corrected chi connectivity index (χ1v) is 7.61. The maximum Gasteiger partial charge on any atom is 0.226 e. The molecule has 0 aliphatic carbocycles. The summed E-state index contributed by atoms with van der Waals surface area (Å²) in [4.78, 5) is 22.6. The molecular formula is C15H20N6O3. The van der Waals surface area contributed by atoms with Crippen LogP contribution in [0.25, 0.3) is 5.82 Å². The molecule has 1 amide bonds. The van der Waals surface area contributed by atoms with Gasteiger partial charge in [-0.3, -0.25) is 4.79 Å². The van der Waals surface area contributed by atoms with Crippen LogP contribution in [0.2, 0.25) is 0 Å². The normalized spacial score (nSPS) is 14.7. The zero-order valence-electron chi connectivity index (χ0n) is 13.6. The minimum Gasteiger partial charge on any atom is -0.355 e. The van der Waals surface area contributed by atoms with Crippen LogP contribution in [0.15, 0.2) is 30.9 Å². The first-order valence-electron chi connectivity index (χ1n) is 7.61. The van der Waals surface area contributed by atoms with Crippen molar-refractivity contribution in [3.8, 4) is 5.82 Å². The molecule has 0 unspecified atom stereocenters. The molecule has 0 aromatic carbocycles. The Hall–Kier alpha value is -2.52. The molecule has 9 heteroatoms. The molecule has 0 atom stereocenters. The third-order valence-electron chi connectivity index (χ3n) is 3.92. The first-order chi connectivity index (χ1) is 11.7. The van der Waals surface area contributed by atoms with Gasteiger partial charge in [0.25, 0.3) is 0 Å². The maximum atomic E-state index is 12.1. The Morgan fingerprint density at radius 1 is 1.33 bits per heavy atom. The molecule has 1 fully saturated rings. The summed E-state index contributed by atoms with van der Waals surface area (Å²) < 4.78 is 11.8. The molecule has 1 aliphatic heterocycles. The molecule has 0 radical (unpaired) electrons. The summed E-state index contributed by atoms with van der Waals surface area (Å²) in [7, 11) is 3.08. The van der Waals surface area contributed by atoms with Crippen molar-refractivity contribution in [2.45, 2.75) is 6.29 Å². The Kier molecular flexibility index (Phi) is 5.02. The Balaban J connectivity index is 1.53. The number of hydrogen-bond acceptors (Lipinski definition) is 7. The van der Waals surface area contributed by atoms with E-state index in [9.17, 15) is 4.79 Å². The van der Waals surface area contributed by atoms with Gasteiger partial charge in [0, 0.05) is 45.8 Å². The Morgan fingerprint density at radius 3 is 2.75 bits per heavy atom. The van der Waals surface area contributed by atoms with Crippen LogP contribution < -0.4 is 10.2 Å². The number of ether oxygens (including phenoxy) is 2. The van der Waals surface area contributed by atoms with Gasteiger partial charge in [-0.2, -0.15) is 5.10 Å². The van der Waals surface area contributed by atoms with Crippen molar-refractivity contribution in [3.63, 3.8) is 0 Å². The fourth-order valence-corrected chi connectivity index (χ4v) is 2.46. The lowest BCUT2D eigenvalue weighted by atomic mass is 9.99. The fraction of sp³-hybridized carbons (Fsp3) is 0.467. The van der Waals surface area contributed by atoms with Crippen molar-refractivity contribution in [2.75, 3.05) is 38.8 Å². The van der Waals surface area contributed by atoms with Crippen molar-refractivity contribution in [2.24, 2.45) is 5.92 Å². The van der Waals surface area contributed by atoms with Gasteiger partial charge < -0.3 is 19.7 Å². The van der Waals surface area contributed by atoms with E-state index in [1.807, 2.05) is 23.2 Å². The second-order valence-corrected chi connectivity index (χ2v) is 5.43. The van der Waals surface area contributed by atoms with Crippen molar-refractivity contribution in [3.05, 3.63) is 30.9 Å². The van der Waals surface area contributed by atoms with E-state index in [2.05, 4.69) is 20.4 Å². The number of aromatic nitrogens is 4. The number of nitrogens with zero attached hydrogens (tertiary/aromatic N) is 5. The second-order valence-electron chi connectivity index (χ2n) is 5.43. The summed E-state index contributed by atoms with van der Waals surface area (Å²) in [5.74, 6) is 1.40. The number of rotatable bonds is 7. The molecule has 0 bridgehead atoms. The zero-order chi connectivity index (χ0) is 16.9. The molecule has 2 aromatic heterocycles. The average molecular weight is 332 g/mol. The third-order valence-corrected chi connectivity index (χ3v) is 3.92. The highest BCUT2D eigenvalue weighted by atomic mass is 16.7. The van der Waals surface area contributed by atoms with Crippen LogP contribution in [0.5, 0.6) is 0 Å². The van der Waals surface area contributed by atoms with E-state index in [1.54, 1.807) is 10.9 Å². The van der Waals surface area contributed by atoms with Gasteiger partial charge in [0.2, 0.25) is 5.91 Å². The Labute approximate surface area is 139 Å². The summed E-state index contributed by atoms with van der Waals surface area (Å²) in [6.45, 7) is 1.57. The molecule has 0 saturated carbocycles. The lowest BCUT2D eigenvalue weighted by Crippen LogP contribution is -2.54. The van der Waals surface area contributed by atoms with Crippen LogP contribution in [-0.4, -0.2) is 65.8 Å². The monoisotopic (exact) mass is 332 g/mol. The van der Waals surface area contributed by atoms with E-state index in [0.29, 0.717) is 25.5 Å². The van der Waals surface area contributed by atoms with Crippen molar-refractivity contribution < 1.29 is 14.3 Å². The van der Waals surface area contributed by atoms with E-state index in [-0.39, 0.29) is 11.8 Å². The number of amides is 1. The molecule has 3 rings (SSSR count). The predicted molar refractivity (Wildman–Crippen MR) is 85.7 cm³/mol. The van der Waals surface area contributed by atoms with Crippen LogP contribution in [0.1, 0.15) is 0 Å². The molecular weight excluding hydrogens is 312 g/mol. The molecule has 9 nitrogen and oxygen atoms in total. The second kappa shape index (κ2) is 7.37. The van der Waals surface area contributed by atoms with E-state index < -0.39 is 6.29 Å². The van der Waals surface area contributed by atoms with Crippen LogP contribution >= 0.6 is 0 Å². The minimum atomic E-state index is -0.427. The van der Waals surface area contributed by atoms with Crippen LogP contribution in [0.3, 0.4) is 0 Å². The highest BCUT2D eigenvalue weighted by molar-refractivity contribution is 5.81.